The third-order valence-electron chi connectivity index (χ3n) is 2.15. The SMILES string of the molecule is CC.CC(=O)Nc1ccc(Oc2ccccc2)cc1. The molecule has 0 unspecified atom stereocenters. The molecule has 2 rings (SSSR count). The molecule has 100 valence electrons. The first-order chi connectivity index (χ1) is 9.24. The Balaban J connectivity index is 0.000000861. The van der Waals surface area contributed by atoms with Gasteiger partial charge in [-0.2, -0.15) is 0 Å². The van der Waals surface area contributed by atoms with Crippen molar-refractivity contribution in [2.45, 2.75) is 20.8 Å². The topological polar surface area (TPSA) is 38.3 Å². The van der Waals surface area contributed by atoms with Gasteiger partial charge in [0.25, 0.3) is 0 Å². The Hall–Kier alpha value is -2.29. The highest BCUT2D eigenvalue weighted by atomic mass is 16.5. The smallest absolute Gasteiger partial charge is 0.221 e. The van der Waals surface area contributed by atoms with Crippen molar-refractivity contribution in [2.75, 3.05) is 5.32 Å². The maximum Gasteiger partial charge on any atom is 0.221 e. The summed E-state index contributed by atoms with van der Waals surface area (Å²) in [5.41, 5.74) is 0.762. The van der Waals surface area contributed by atoms with Crippen molar-refractivity contribution in [3.63, 3.8) is 0 Å². The highest BCUT2D eigenvalue weighted by Gasteiger charge is 1.98. The molecular weight excluding hydrogens is 238 g/mol. The molecular formula is C16H19NO2. The number of amides is 1. The van der Waals surface area contributed by atoms with E-state index in [-0.39, 0.29) is 5.91 Å². The molecule has 19 heavy (non-hydrogen) atoms. The van der Waals surface area contributed by atoms with Crippen LogP contribution in [-0.4, -0.2) is 5.91 Å². The number of hydrogen-bond donors (Lipinski definition) is 1. The Morgan fingerprint density at radius 3 is 1.95 bits per heavy atom. The van der Waals surface area contributed by atoms with Crippen LogP contribution in [0.15, 0.2) is 54.6 Å². The number of hydrogen-bond acceptors (Lipinski definition) is 2. The Kier molecular flexibility index (Phi) is 6.16. The quantitative estimate of drug-likeness (QED) is 0.881. The molecule has 3 heteroatoms. The van der Waals surface area contributed by atoms with Gasteiger partial charge in [-0.3, -0.25) is 4.79 Å². The van der Waals surface area contributed by atoms with Gasteiger partial charge >= 0.3 is 0 Å². The van der Waals surface area contributed by atoms with Gasteiger partial charge in [0.15, 0.2) is 0 Å². The molecule has 0 atom stereocenters. The van der Waals surface area contributed by atoms with Crippen molar-refractivity contribution in [1.82, 2.24) is 0 Å². The van der Waals surface area contributed by atoms with Crippen LogP contribution in [0, 0.1) is 0 Å². The lowest BCUT2D eigenvalue weighted by atomic mass is 10.3. The summed E-state index contributed by atoms with van der Waals surface area (Å²) < 4.78 is 5.63. The second kappa shape index (κ2) is 7.93. The summed E-state index contributed by atoms with van der Waals surface area (Å²) >= 11 is 0. The second-order valence-corrected chi connectivity index (χ2v) is 3.62. The van der Waals surface area contributed by atoms with Crippen LogP contribution in [0.3, 0.4) is 0 Å². The van der Waals surface area contributed by atoms with Gasteiger partial charge in [0.05, 0.1) is 0 Å². The van der Waals surface area contributed by atoms with Crippen LogP contribution < -0.4 is 10.1 Å². The number of benzene rings is 2. The van der Waals surface area contributed by atoms with Gasteiger partial charge in [-0.1, -0.05) is 32.0 Å². The maximum absolute atomic E-state index is 10.8. The zero-order chi connectivity index (χ0) is 14.1. The van der Waals surface area contributed by atoms with Crippen LogP contribution in [0.1, 0.15) is 20.8 Å². The van der Waals surface area contributed by atoms with Crippen LogP contribution in [0.2, 0.25) is 0 Å². The summed E-state index contributed by atoms with van der Waals surface area (Å²) in [5, 5.41) is 2.70. The minimum absolute atomic E-state index is 0.0817. The average Bonchev–Trinajstić information content (AvgIpc) is 2.44. The van der Waals surface area contributed by atoms with Gasteiger partial charge in [0, 0.05) is 12.6 Å². The lowest BCUT2D eigenvalue weighted by Gasteiger charge is -2.06. The molecule has 2 aromatic carbocycles. The van der Waals surface area contributed by atoms with E-state index in [2.05, 4.69) is 5.32 Å². The third-order valence-corrected chi connectivity index (χ3v) is 2.15. The number of nitrogens with one attached hydrogen (secondary N) is 1. The second-order valence-electron chi connectivity index (χ2n) is 3.62. The van der Waals surface area contributed by atoms with E-state index in [0.29, 0.717) is 0 Å². The standard InChI is InChI=1S/C14H13NO2.C2H6/c1-11(16)15-12-7-9-14(10-8-12)17-13-5-3-2-4-6-13;1-2/h2-10H,1H3,(H,15,16);1-2H3. The third kappa shape index (κ3) is 5.25. The number of anilines is 1. The van der Waals surface area contributed by atoms with Crippen molar-refractivity contribution in [3.8, 4) is 11.5 Å². The van der Waals surface area contributed by atoms with Gasteiger partial charge in [-0.25, -0.2) is 0 Å². The summed E-state index contributed by atoms with van der Waals surface area (Å²) in [7, 11) is 0. The van der Waals surface area contributed by atoms with Gasteiger partial charge in [0.1, 0.15) is 11.5 Å². The Morgan fingerprint density at radius 2 is 1.42 bits per heavy atom. The molecule has 0 aromatic heterocycles. The van der Waals surface area contributed by atoms with Gasteiger partial charge in [-0.15, -0.1) is 0 Å². The maximum atomic E-state index is 10.8. The van der Waals surface area contributed by atoms with Crippen molar-refractivity contribution in [2.24, 2.45) is 0 Å². The van der Waals surface area contributed by atoms with Crippen molar-refractivity contribution >= 4 is 11.6 Å². The Bertz CT molecular complexity index is 492. The number of para-hydroxylation sites is 1. The molecule has 0 spiro atoms. The van der Waals surface area contributed by atoms with Crippen molar-refractivity contribution in [3.05, 3.63) is 54.6 Å². The van der Waals surface area contributed by atoms with Gasteiger partial charge in [0.2, 0.25) is 5.91 Å². The van der Waals surface area contributed by atoms with E-state index >= 15 is 0 Å². The predicted octanol–water partition coefficient (Wildman–Crippen LogP) is 4.46. The molecule has 0 saturated heterocycles. The van der Waals surface area contributed by atoms with E-state index in [1.54, 1.807) is 12.1 Å². The highest BCUT2D eigenvalue weighted by molar-refractivity contribution is 5.88. The molecule has 0 bridgehead atoms. The van der Waals surface area contributed by atoms with Crippen molar-refractivity contribution in [1.29, 1.82) is 0 Å². The lowest BCUT2D eigenvalue weighted by molar-refractivity contribution is -0.114. The Morgan fingerprint density at radius 1 is 0.895 bits per heavy atom. The molecule has 1 amide bonds. The van der Waals surface area contributed by atoms with Crippen LogP contribution in [-0.2, 0) is 4.79 Å². The number of rotatable bonds is 3. The van der Waals surface area contributed by atoms with Crippen LogP contribution in [0.25, 0.3) is 0 Å². The van der Waals surface area contributed by atoms with Gasteiger partial charge in [-0.05, 0) is 36.4 Å². The van der Waals surface area contributed by atoms with E-state index in [1.807, 2.05) is 56.3 Å². The van der Waals surface area contributed by atoms with Crippen LogP contribution in [0.4, 0.5) is 5.69 Å². The number of carbonyl (C=O) groups excluding carboxylic acids is 1. The van der Waals surface area contributed by atoms with Gasteiger partial charge < -0.3 is 10.1 Å². The predicted molar refractivity (Wildman–Crippen MR) is 78.6 cm³/mol. The summed E-state index contributed by atoms with van der Waals surface area (Å²) in [6.07, 6.45) is 0. The van der Waals surface area contributed by atoms with E-state index in [9.17, 15) is 4.79 Å². The minimum Gasteiger partial charge on any atom is -0.457 e. The first-order valence-electron chi connectivity index (χ1n) is 6.34. The van der Waals surface area contributed by atoms with E-state index in [0.717, 1.165) is 17.2 Å². The molecule has 0 aliphatic carbocycles. The number of ether oxygens (including phenoxy) is 1. The van der Waals surface area contributed by atoms with Crippen molar-refractivity contribution < 1.29 is 9.53 Å². The zero-order valence-corrected chi connectivity index (χ0v) is 11.5. The normalized spacial score (nSPS) is 9.00. The molecule has 0 heterocycles. The van der Waals surface area contributed by atoms with E-state index < -0.39 is 0 Å². The summed E-state index contributed by atoms with van der Waals surface area (Å²) in [6.45, 7) is 5.48. The fourth-order valence-electron chi connectivity index (χ4n) is 1.43. The largest absolute Gasteiger partial charge is 0.457 e. The number of carbonyl (C=O) groups is 1. The Labute approximate surface area is 114 Å². The molecule has 0 aliphatic heterocycles. The molecule has 2 aromatic rings. The molecule has 3 nitrogen and oxygen atoms in total. The molecule has 0 aliphatic rings. The summed E-state index contributed by atoms with van der Waals surface area (Å²) in [5.74, 6) is 1.45. The molecule has 0 saturated carbocycles. The first-order valence-corrected chi connectivity index (χ1v) is 6.34. The fraction of sp³-hybridized carbons (Fsp3) is 0.188. The van der Waals surface area contributed by atoms with E-state index in [1.165, 1.54) is 6.92 Å². The highest BCUT2D eigenvalue weighted by Crippen LogP contribution is 2.22. The summed E-state index contributed by atoms with van der Waals surface area (Å²) in [4.78, 5) is 10.8. The zero-order valence-electron chi connectivity index (χ0n) is 11.5. The molecule has 0 fully saturated rings. The average molecular weight is 257 g/mol. The lowest BCUT2D eigenvalue weighted by Crippen LogP contribution is -2.05. The minimum atomic E-state index is -0.0817. The fourth-order valence-corrected chi connectivity index (χ4v) is 1.43. The monoisotopic (exact) mass is 257 g/mol. The van der Waals surface area contributed by atoms with E-state index in [4.69, 9.17) is 4.74 Å². The first kappa shape index (κ1) is 14.8. The van der Waals surface area contributed by atoms with Crippen LogP contribution >= 0.6 is 0 Å². The summed E-state index contributed by atoms with van der Waals surface area (Å²) in [6, 6.07) is 16.8. The molecule has 1 N–H and O–H groups in total. The van der Waals surface area contributed by atoms with Crippen LogP contribution in [0.5, 0.6) is 11.5 Å². The molecule has 0 radical (unpaired) electrons.